The number of nitrogens with one attached hydrogen (secondary N) is 1. The zero-order valence-electron chi connectivity index (χ0n) is 12.1. The second-order valence-electron chi connectivity index (χ2n) is 4.96. The molecule has 6 nitrogen and oxygen atoms in total. The molecule has 1 unspecified atom stereocenters. The van der Waals surface area contributed by atoms with E-state index in [1.807, 2.05) is 13.8 Å². The van der Waals surface area contributed by atoms with Crippen LogP contribution in [-0.2, 0) is 11.8 Å². The van der Waals surface area contributed by atoms with Crippen LogP contribution in [0, 0.1) is 0 Å². The van der Waals surface area contributed by atoms with E-state index in [0.717, 1.165) is 5.69 Å². The fourth-order valence-electron chi connectivity index (χ4n) is 1.76. The van der Waals surface area contributed by atoms with Gasteiger partial charge in [-0.25, -0.2) is 4.79 Å². The lowest BCUT2D eigenvalue weighted by Gasteiger charge is -2.13. The summed E-state index contributed by atoms with van der Waals surface area (Å²) in [5, 5.41) is 15.8. The number of aromatic nitrogens is 2. The highest BCUT2D eigenvalue weighted by Crippen LogP contribution is 2.14. The second-order valence-corrected chi connectivity index (χ2v) is 4.96. The molecule has 0 radical (unpaired) electrons. The summed E-state index contributed by atoms with van der Waals surface area (Å²) >= 11 is 0. The lowest BCUT2D eigenvalue weighted by Crippen LogP contribution is -2.41. The zero-order valence-corrected chi connectivity index (χ0v) is 12.1. The maximum absolute atomic E-state index is 12.1. The summed E-state index contributed by atoms with van der Waals surface area (Å²) in [6.07, 6.45) is 2.47. The van der Waals surface area contributed by atoms with Crippen LogP contribution < -0.4 is 5.32 Å². The number of aliphatic carboxylic acids is 1. The number of hydrogen-bond acceptors (Lipinski definition) is 3. The Morgan fingerprint density at radius 2 is 2.20 bits per heavy atom. The van der Waals surface area contributed by atoms with Crippen LogP contribution in [-0.4, -0.2) is 32.8 Å². The maximum Gasteiger partial charge on any atom is 0.326 e. The van der Waals surface area contributed by atoms with Crippen LogP contribution >= 0.6 is 0 Å². The number of amides is 1. The molecule has 2 N–H and O–H groups in total. The fourth-order valence-corrected chi connectivity index (χ4v) is 1.76. The summed E-state index contributed by atoms with van der Waals surface area (Å²) in [6.45, 7) is 7.51. The lowest BCUT2D eigenvalue weighted by atomic mass is 10.1. The van der Waals surface area contributed by atoms with Gasteiger partial charge in [0.2, 0.25) is 0 Å². The average Bonchev–Trinajstić information content (AvgIpc) is 2.76. The lowest BCUT2D eigenvalue weighted by molar-refractivity contribution is -0.139. The maximum atomic E-state index is 12.1. The van der Waals surface area contributed by atoms with E-state index in [1.165, 1.54) is 4.68 Å². The summed E-state index contributed by atoms with van der Waals surface area (Å²) in [7, 11) is 1.67. The first-order valence-electron chi connectivity index (χ1n) is 6.55. The number of allylic oxidation sites excluding steroid dienone is 1. The third-order valence-corrected chi connectivity index (χ3v) is 2.99. The third kappa shape index (κ3) is 3.94. The quantitative estimate of drug-likeness (QED) is 0.744. The molecular formula is C14H21N3O3. The van der Waals surface area contributed by atoms with Gasteiger partial charge in [0.25, 0.3) is 5.91 Å². The Balaban J connectivity index is 2.83. The molecular weight excluding hydrogens is 258 g/mol. The number of rotatable bonds is 7. The molecule has 0 bridgehead atoms. The van der Waals surface area contributed by atoms with Gasteiger partial charge in [-0.3, -0.25) is 9.48 Å². The molecule has 0 saturated heterocycles. The second kappa shape index (κ2) is 6.88. The van der Waals surface area contributed by atoms with E-state index < -0.39 is 17.9 Å². The van der Waals surface area contributed by atoms with Crippen LogP contribution in [0.3, 0.4) is 0 Å². The Morgan fingerprint density at radius 1 is 1.55 bits per heavy atom. The summed E-state index contributed by atoms with van der Waals surface area (Å²) in [6, 6.07) is 0.768. The van der Waals surface area contributed by atoms with Crippen LogP contribution in [0.25, 0.3) is 0 Å². The molecule has 1 atom stereocenters. The predicted octanol–water partition coefficient (Wildman–Crippen LogP) is 1.69. The topological polar surface area (TPSA) is 84.2 Å². The van der Waals surface area contributed by atoms with Crippen LogP contribution in [0.2, 0.25) is 0 Å². The third-order valence-electron chi connectivity index (χ3n) is 2.99. The molecule has 0 fully saturated rings. The van der Waals surface area contributed by atoms with Gasteiger partial charge in [-0.15, -0.1) is 6.58 Å². The Labute approximate surface area is 118 Å². The smallest absolute Gasteiger partial charge is 0.326 e. The highest BCUT2D eigenvalue weighted by molar-refractivity contribution is 5.95. The molecule has 1 amide bonds. The van der Waals surface area contributed by atoms with Crippen molar-refractivity contribution >= 4 is 11.9 Å². The molecule has 0 aliphatic rings. The number of carboxylic acids is 1. The summed E-state index contributed by atoms with van der Waals surface area (Å²) in [4.78, 5) is 23.2. The number of aryl methyl sites for hydroxylation is 1. The minimum atomic E-state index is -1.05. The number of carboxylic acid groups (broad SMARTS) is 1. The predicted molar refractivity (Wildman–Crippen MR) is 75.6 cm³/mol. The number of nitrogens with zero attached hydrogens (tertiary/aromatic N) is 2. The largest absolute Gasteiger partial charge is 0.480 e. The van der Waals surface area contributed by atoms with E-state index in [2.05, 4.69) is 17.0 Å². The SMILES string of the molecule is C=CCCC(NC(=O)c1cc(C(C)C)nn1C)C(=O)O. The van der Waals surface area contributed by atoms with Gasteiger partial charge in [-0.05, 0) is 24.8 Å². The van der Waals surface area contributed by atoms with Crippen molar-refractivity contribution in [2.75, 3.05) is 0 Å². The van der Waals surface area contributed by atoms with Crippen molar-refractivity contribution < 1.29 is 14.7 Å². The van der Waals surface area contributed by atoms with Crippen molar-refractivity contribution in [1.29, 1.82) is 0 Å². The van der Waals surface area contributed by atoms with Crippen LogP contribution in [0.1, 0.15) is 48.8 Å². The number of carbonyl (C=O) groups is 2. The summed E-state index contributed by atoms with van der Waals surface area (Å²) < 4.78 is 1.47. The van der Waals surface area contributed by atoms with Crippen molar-refractivity contribution in [3.05, 3.63) is 30.1 Å². The number of hydrogen-bond donors (Lipinski definition) is 2. The van der Waals surface area contributed by atoms with Crippen molar-refractivity contribution in [2.45, 2.75) is 38.6 Å². The first-order chi connectivity index (χ1) is 9.36. The van der Waals surface area contributed by atoms with Gasteiger partial charge in [-0.1, -0.05) is 19.9 Å². The zero-order chi connectivity index (χ0) is 15.3. The van der Waals surface area contributed by atoms with E-state index >= 15 is 0 Å². The molecule has 6 heteroatoms. The molecule has 1 aromatic heterocycles. The first kappa shape index (κ1) is 15.9. The van der Waals surface area contributed by atoms with Gasteiger partial charge in [0.15, 0.2) is 0 Å². The Kier molecular flexibility index (Phi) is 5.49. The van der Waals surface area contributed by atoms with Gasteiger partial charge in [0, 0.05) is 7.05 Å². The average molecular weight is 279 g/mol. The molecule has 20 heavy (non-hydrogen) atoms. The normalized spacial score (nSPS) is 12.2. The monoisotopic (exact) mass is 279 g/mol. The van der Waals surface area contributed by atoms with E-state index in [9.17, 15) is 9.59 Å². The van der Waals surface area contributed by atoms with Crippen LogP contribution in [0.4, 0.5) is 0 Å². The molecule has 0 spiro atoms. The van der Waals surface area contributed by atoms with Gasteiger partial charge in [-0.2, -0.15) is 5.10 Å². The van der Waals surface area contributed by atoms with Crippen molar-refractivity contribution in [1.82, 2.24) is 15.1 Å². The molecule has 0 aliphatic carbocycles. The molecule has 1 rings (SSSR count). The van der Waals surface area contributed by atoms with Gasteiger partial charge >= 0.3 is 5.97 Å². The molecule has 1 aromatic rings. The van der Waals surface area contributed by atoms with Gasteiger partial charge < -0.3 is 10.4 Å². The van der Waals surface area contributed by atoms with E-state index in [0.29, 0.717) is 18.5 Å². The molecule has 110 valence electrons. The Bertz CT molecular complexity index is 506. The van der Waals surface area contributed by atoms with Crippen molar-refractivity contribution in [2.24, 2.45) is 7.05 Å². The Morgan fingerprint density at radius 3 is 2.65 bits per heavy atom. The minimum Gasteiger partial charge on any atom is -0.480 e. The summed E-state index contributed by atoms with van der Waals surface area (Å²) in [5.74, 6) is -1.27. The highest BCUT2D eigenvalue weighted by atomic mass is 16.4. The standard InChI is InChI=1S/C14H21N3O3/c1-5-6-7-10(14(19)20)15-13(18)12-8-11(9(2)3)16-17(12)4/h5,8-10H,1,6-7H2,2-4H3,(H,15,18)(H,19,20). The van der Waals surface area contributed by atoms with Crippen LogP contribution in [0.15, 0.2) is 18.7 Å². The van der Waals surface area contributed by atoms with E-state index in [4.69, 9.17) is 5.11 Å². The molecule has 0 aliphatic heterocycles. The van der Waals surface area contributed by atoms with E-state index in [-0.39, 0.29) is 5.92 Å². The number of carbonyl (C=O) groups excluding carboxylic acids is 1. The van der Waals surface area contributed by atoms with Gasteiger partial charge in [0.05, 0.1) is 5.69 Å². The van der Waals surface area contributed by atoms with Crippen molar-refractivity contribution in [3.63, 3.8) is 0 Å². The minimum absolute atomic E-state index is 0.207. The highest BCUT2D eigenvalue weighted by Gasteiger charge is 2.22. The molecule has 0 saturated carbocycles. The summed E-state index contributed by atoms with van der Waals surface area (Å²) in [5.41, 5.74) is 1.16. The van der Waals surface area contributed by atoms with Crippen molar-refractivity contribution in [3.8, 4) is 0 Å². The molecule has 0 aromatic carbocycles. The molecule has 1 heterocycles. The first-order valence-corrected chi connectivity index (χ1v) is 6.55. The Hall–Kier alpha value is -2.11. The van der Waals surface area contributed by atoms with Gasteiger partial charge in [0.1, 0.15) is 11.7 Å². The van der Waals surface area contributed by atoms with Crippen LogP contribution in [0.5, 0.6) is 0 Å². The fraction of sp³-hybridized carbons (Fsp3) is 0.500. The van der Waals surface area contributed by atoms with E-state index in [1.54, 1.807) is 19.2 Å².